The van der Waals surface area contributed by atoms with Gasteiger partial charge in [0, 0.05) is 16.8 Å². The van der Waals surface area contributed by atoms with Crippen LogP contribution in [0.5, 0.6) is 0 Å². The molecule has 0 aromatic heterocycles. The second kappa shape index (κ2) is 1760. The van der Waals surface area contributed by atoms with Crippen LogP contribution in [0, 0.1) is 71.0 Å². The Labute approximate surface area is 139 Å². The van der Waals surface area contributed by atoms with Gasteiger partial charge in [-0.2, -0.15) is 0 Å². The van der Waals surface area contributed by atoms with E-state index in [0.29, 0.717) is 0 Å². The predicted octanol–water partition coefficient (Wildman–Crippen LogP) is -2.31. The average molecular weight is 255 g/mol. The third-order valence-corrected chi connectivity index (χ3v) is 0. The molecule has 0 aliphatic carbocycles. The number of nitrogens with zero attached hydrogens (tertiary/aromatic N) is 6. The normalized spacial score (nSPS) is 0.857. The molecule has 0 amide bonds. The summed E-state index contributed by atoms with van der Waals surface area (Å²) >= 11 is 0. The molecular weight excluding hydrogens is 254 g/mol. The van der Waals surface area contributed by atoms with Crippen LogP contribution in [0.3, 0.4) is 0 Å². The summed E-state index contributed by atoms with van der Waals surface area (Å²) in [5.41, 5.74) is 0. The molecule has 8 heteroatoms. The van der Waals surface area contributed by atoms with Gasteiger partial charge in [-0.05, 0) is 0 Å². The van der Waals surface area contributed by atoms with Crippen molar-refractivity contribution in [3.63, 3.8) is 0 Å². The molecule has 0 saturated heterocycles. The van der Waals surface area contributed by atoms with Crippen LogP contribution in [0.4, 0.5) is 0 Å². The van der Waals surface area contributed by atoms with Crippen LogP contribution >= 0.6 is 0 Å². The van der Waals surface area contributed by atoms with Crippen molar-refractivity contribution in [1.82, 2.24) is 0 Å². The van der Waals surface area contributed by atoms with Gasteiger partial charge < -0.3 is 72.4 Å². The number of rotatable bonds is 0. The summed E-state index contributed by atoms with van der Waals surface area (Å²) in [6, 6.07) is 0. The van der Waals surface area contributed by atoms with Crippen LogP contribution < -0.4 is 51.4 Å². The van der Waals surface area contributed by atoms with Gasteiger partial charge in [-0.1, -0.05) is 0 Å². The van der Waals surface area contributed by atoms with E-state index in [1.807, 2.05) is 0 Å². The molecule has 1 radical (unpaired) electrons. The maximum atomic E-state index is 6.25. The Bertz CT molecular complexity index is 103. The summed E-state index contributed by atoms with van der Waals surface area (Å²) in [5.74, 6) is 0. The van der Waals surface area contributed by atoms with Crippen LogP contribution in [-0.2, 0) is 16.8 Å². The molecule has 0 atom stereocenters. The van der Waals surface area contributed by atoms with Gasteiger partial charge in [0.15, 0.2) is 0 Å². The van der Waals surface area contributed by atoms with E-state index in [2.05, 4.69) is 0 Å². The summed E-state index contributed by atoms with van der Waals surface area (Å²) in [6.45, 7) is 28.5. The van der Waals surface area contributed by atoms with Gasteiger partial charge in [-0.25, -0.2) is 0 Å². The van der Waals surface area contributed by atoms with Gasteiger partial charge in [0.1, 0.15) is 0 Å². The third-order valence-electron chi connectivity index (χ3n) is 0. The Morgan fingerprint density at radius 1 is 0.429 bits per heavy atom. The van der Waals surface area contributed by atoms with Crippen molar-refractivity contribution in [2.75, 3.05) is 0 Å². The SMILES string of the molecule is [C-]#N.[C-]#N.[C-]#N.[C-]#N.[C-]#N.[C-]#N.[Co].[H-].[K+]. The fourth-order valence-electron chi connectivity index (χ4n) is 0. The predicted molar refractivity (Wildman–Crippen MR) is 30.9 cm³/mol. The third kappa shape index (κ3) is 1340. The molecular formula is C6HCoKN6-6. The van der Waals surface area contributed by atoms with Crippen molar-refractivity contribution in [2.24, 2.45) is 0 Å². The molecule has 14 heavy (non-hydrogen) atoms. The van der Waals surface area contributed by atoms with Gasteiger partial charge >= 0.3 is 51.4 Å². The molecule has 0 unspecified atom stereocenters. The van der Waals surface area contributed by atoms with Gasteiger partial charge in [0.2, 0.25) is 0 Å². The van der Waals surface area contributed by atoms with Crippen molar-refractivity contribution >= 4 is 0 Å². The Morgan fingerprint density at radius 2 is 0.429 bits per heavy atom. The van der Waals surface area contributed by atoms with Crippen molar-refractivity contribution in [1.29, 1.82) is 31.6 Å². The first-order chi connectivity index (χ1) is 6.00. The van der Waals surface area contributed by atoms with E-state index >= 15 is 0 Å². The average Bonchev–Trinajstić information content (AvgIpc) is 2.33. The summed E-state index contributed by atoms with van der Waals surface area (Å²) in [4.78, 5) is 0. The minimum Gasteiger partial charge on any atom is -1.00 e. The van der Waals surface area contributed by atoms with Crippen molar-refractivity contribution in [2.45, 2.75) is 0 Å². The van der Waals surface area contributed by atoms with Crippen LogP contribution in [0.25, 0.3) is 0 Å². The fraction of sp³-hybridized carbons (Fsp3) is 0. The quantitative estimate of drug-likeness (QED) is 0.351. The zero-order valence-electron chi connectivity index (χ0n) is 8.02. The maximum Gasteiger partial charge on any atom is 1.00 e. The summed E-state index contributed by atoms with van der Waals surface area (Å²) in [6.07, 6.45) is 0. The molecule has 0 aliphatic heterocycles. The van der Waals surface area contributed by atoms with E-state index in [1.54, 1.807) is 0 Å². The van der Waals surface area contributed by atoms with Crippen molar-refractivity contribution in [3.8, 4) is 0 Å². The van der Waals surface area contributed by atoms with Crippen LogP contribution in [0.2, 0.25) is 0 Å². The molecule has 0 aromatic carbocycles. The topological polar surface area (TPSA) is 143 Å². The van der Waals surface area contributed by atoms with E-state index in [9.17, 15) is 0 Å². The Hall–Kier alpha value is -0.917. The first-order valence-electron chi connectivity index (χ1n) is 1.34. The molecule has 0 N–H and O–H groups in total. The van der Waals surface area contributed by atoms with Gasteiger partial charge in [0.25, 0.3) is 0 Å². The van der Waals surface area contributed by atoms with Crippen LogP contribution in [-0.4, -0.2) is 0 Å². The summed E-state index contributed by atoms with van der Waals surface area (Å²) in [7, 11) is 0. The monoisotopic (exact) mass is 255 g/mol. The molecule has 71 valence electrons. The van der Waals surface area contributed by atoms with Gasteiger partial charge in [-0.15, -0.1) is 0 Å². The minimum atomic E-state index is 0. The van der Waals surface area contributed by atoms with Crippen molar-refractivity contribution in [3.05, 3.63) is 39.4 Å². The first kappa shape index (κ1) is 73.9. The molecule has 0 rings (SSSR count). The van der Waals surface area contributed by atoms with E-state index in [1.165, 1.54) is 0 Å². The second-order valence-corrected chi connectivity index (χ2v) is 0. The molecule has 6 nitrogen and oxygen atoms in total. The maximum absolute atomic E-state index is 6.25. The largest absolute Gasteiger partial charge is 1.00 e. The first-order valence-corrected chi connectivity index (χ1v) is 1.34. The molecule has 0 saturated carbocycles. The molecule has 0 spiro atoms. The molecule has 0 aliphatic rings. The van der Waals surface area contributed by atoms with Crippen LogP contribution in [0.1, 0.15) is 1.43 Å². The summed E-state index contributed by atoms with van der Waals surface area (Å²) in [5, 5.41) is 37.5. The molecule has 0 bridgehead atoms. The number of hydrogen-bond acceptors (Lipinski definition) is 6. The Kier molecular flexibility index (Phi) is 9320. The summed E-state index contributed by atoms with van der Waals surface area (Å²) < 4.78 is 0. The Morgan fingerprint density at radius 3 is 0.429 bits per heavy atom. The van der Waals surface area contributed by atoms with E-state index < -0.39 is 0 Å². The van der Waals surface area contributed by atoms with E-state index in [0.717, 1.165) is 0 Å². The van der Waals surface area contributed by atoms with Crippen molar-refractivity contribution < 1.29 is 69.6 Å². The molecule has 0 heterocycles. The van der Waals surface area contributed by atoms with Gasteiger partial charge in [-0.3, -0.25) is 0 Å². The zero-order valence-corrected chi connectivity index (χ0v) is 11.2. The van der Waals surface area contributed by atoms with E-state index in [4.69, 9.17) is 71.0 Å². The smallest absolute Gasteiger partial charge is 1.00 e. The Balaban J connectivity index is -0.00000000396. The van der Waals surface area contributed by atoms with E-state index in [-0.39, 0.29) is 69.6 Å². The molecule has 0 fully saturated rings. The van der Waals surface area contributed by atoms with Crippen LogP contribution in [0.15, 0.2) is 0 Å². The molecule has 0 aromatic rings. The van der Waals surface area contributed by atoms with Gasteiger partial charge in [0.05, 0.1) is 0 Å². The second-order valence-electron chi connectivity index (χ2n) is 0. The zero-order chi connectivity index (χ0) is 12.0. The fourth-order valence-corrected chi connectivity index (χ4v) is 0. The minimum absolute atomic E-state index is 0. The standard InChI is InChI=1S/6CN.Co.K.H/c6*1-2;;;/q6*-1;;+1;-1. The number of hydrogen-bond donors (Lipinski definition) is 0.